The molecule has 0 spiro atoms. The predicted molar refractivity (Wildman–Crippen MR) is 126 cm³/mol. The van der Waals surface area contributed by atoms with Gasteiger partial charge in [-0.1, -0.05) is 76.3 Å². The molecule has 0 N–H and O–H groups in total. The zero-order chi connectivity index (χ0) is 22.3. The number of benzene rings is 1. The normalized spacial score (nSPS) is 18.6. The van der Waals surface area contributed by atoms with Crippen molar-refractivity contribution in [3.05, 3.63) is 54.1 Å². The molecule has 4 heteroatoms. The van der Waals surface area contributed by atoms with Gasteiger partial charge < -0.3 is 9.47 Å². The maximum absolute atomic E-state index is 11.7. The molecule has 31 heavy (non-hydrogen) atoms. The average molecular weight is 427 g/mol. The molecule has 1 aliphatic carbocycles. The Kier molecular flexibility index (Phi) is 11.7. The first-order chi connectivity index (χ1) is 15.1. The quantitative estimate of drug-likeness (QED) is 0.202. The maximum atomic E-state index is 11.7. The van der Waals surface area contributed by atoms with Crippen LogP contribution in [0.15, 0.2) is 43.0 Å². The van der Waals surface area contributed by atoms with Crippen LogP contribution in [0.3, 0.4) is 0 Å². The number of esters is 2. The van der Waals surface area contributed by atoms with Crippen LogP contribution in [0.5, 0.6) is 0 Å². The molecule has 2 rings (SSSR count). The molecular weight excluding hydrogens is 388 g/mol. The standard InChI is InChI=1S/C27H38O4/c1-3-5-6-7-8-9-22-10-15-24(16-11-22)25-17-12-23(13-18-25)14-19-27(29)31-21-20-30-26(28)4-2/h4,12-14,17-19,22,24H,2-3,5-11,15-16,20-21H2,1H3/b19-14+. The van der Waals surface area contributed by atoms with Gasteiger partial charge in [-0.15, -0.1) is 0 Å². The topological polar surface area (TPSA) is 52.6 Å². The van der Waals surface area contributed by atoms with Gasteiger partial charge in [-0.25, -0.2) is 9.59 Å². The largest absolute Gasteiger partial charge is 0.459 e. The summed E-state index contributed by atoms with van der Waals surface area (Å²) in [6.07, 6.45) is 17.8. The van der Waals surface area contributed by atoms with E-state index < -0.39 is 11.9 Å². The van der Waals surface area contributed by atoms with Crippen LogP contribution >= 0.6 is 0 Å². The van der Waals surface area contributed by atoms with Gasteiger partial charge in [0, 0.05) is 12.2 Å². The summed E-state index contributed by atoms with van der Waals surface area (Å²) in [5, 5.41) is 0. The molecule has 1 aromatic carbocycles. The Morgan fingerprint density at radius 2 is 1.58 bits per heavy atom. The molecule has 1 fully saturated rings. The van der Waals surface area contributed by atoms with E-state index in [1.54, 1.807) is 6.08 Å². The highest BCUT2D eigenvalue weighted by molar-refractivity contribution is 5.87. The Labute approximate surface area is 187 Å². The lowest BCUT2D eigenvalue weighted by atomic mass is 9.77. The molecule has 0 unspecified atom stereocenters. The summed E-state index contributed by atoms with van der Waals surface area (Å²) >= 11 is 0. The minimum Gasteiger partial charge on any atom is -0.459 e. The zero-order valence-electron chi connectivity index (χ0n) is 19.0. The smallest absolute Gasteiger partial charge is 0.330 e. The van der Waals surface area contributed by atoms with Gasteiger partial charge in [-0.05, 0) is 54.7 Å². The van der Waals surface area contributed by atoms with Gasteiger partial charge in [0.25, 0.3) is 0 Å². The lowest BCUT2D eigenvalue weighted by Gasteiger charge is -2.29. The molecule has 0 saturated heterocycles. The molecule has 0 aliphatic heterocycles. The Hall–Kier alpha value is -2.36. The van der Waals surface area contributed by atoms with Gasteiger partial charge >= 0.3 is 11.9 Å². The molecule has 170 valence electrons. The van der Waals surface area contributed by atoms with Crippen LogP contribution in [-0.4, -0.2) is 25.2 Å². The number of ether oxygens (including phenoxy) is 2. The molecule has 0 atom stereocenters. The van der Waals surface area contributed by atoms with Crippen LogP contribution in [0, 0.1) is 5.92 Å². The highest BCUT2D eigenvalue weighted by Gasteiger charge is 2.21. The zero-order valence-corrected chi connectivity index (χ0v) is 19.0. The summed E-state index contributed by atoms with van der Waals surface area (Å²) in [6, 6.07) is 8.50. The van der Waals surface area contributed by atoms with E-state index in [1.165, 1.54) is 75.8 Å². The summed E-state index contributed by atoms with van der Waals surface area (Å²) in [6.45, 7) is 5.63. The first-order valence-corrected chi connectivity index (χ1v) is 11.9. The van der Waals surface area contributed by atoms with Crippen LogP contribution < -0.4 is 0 Å². The Bertz CT molecular complexity index is 696. The number of carbonyl (C=O) groups excluding carboxylic acids is 2. The van der Waals surface area contributed by atoms with Gasteiger partial charge in [-0.3, -0.25) is 0 Å². The third-order valence-corrected chi connectivity index (χ3v) is 6.12. The van der Waals surface area contributed by atoms with Crippen molar-refractivity contribution in [2.75, 3.05) is 13.2 Å². The first kappa shape index (κ1) is 24.9. The molecule has 1 aliphatic rings. The van der Waals surface area contributed by atoms with Crippen LogP contribution in [0.1, 0.15) is 88.2 Å². The summed E-state index contributed by atoms with van der Waals surface area (Å²) in [5.74, 6) is 0.610. The number of rotatable bonds is 13. The van der Waals surface area contributed by atoms with Crippen molar-refractivity contribution in [1.82, 2.24) is 0 Å². The predicted octanol–water partition coefficient (Wildman–Crippen LogP) is 6.61. The second-order valence-electron chi connectivity index (χ2n) is 8.46. The fourth-order valence-corrected chi connectivity index (χ4v) is 4.26. The van der Waals surface area contributed by atoms with E-state index in [2.05, 4.69) is 37.8 Å². The molecule has 1 saturated carbocycles. The van der Waals surface area contributed by atoms with E-state index in [0.717, 1.165) is 17.6 Å². The van der Waals surface area contributed by atoms with Gasteiger partial charge in [0.2, 0.25) is 0 Å². The van der Waals surface area contributed by atoms with Crippen molar-refractivity contribution < 1.29 is 19.1 Å². The summed E-state index contributed by atoms with van der Waals surface area (Å²) in [7, 11) is 0. The summed E-state index contributed by atoms with van der Waals surface area (Å²) in [4.78, 5) is 22.6. The van der Waals surface area contributed by atoms with Crippen LogP contribution in [0.4, 0.5) is 0 Å². The fraction of sp³-hybridized carbons (Fsp3) is 0.556. The molecule has 0 aromatic heterocycles. The van der Waals surface area contributed by atoms with E-state index >= 15 is 0 Å². The third-order valence-electron chi connectivity index (χ3n) is 6.12. The van der Waals surface area contributed by atoms with Crippen molar-refractivity contribution in [3.63, 3.8) is 0 Å². The van der Waals surface area contributed by atoms with E-state index in [-0.39, 0.29) is 13.2 Å². The third kappa shape index (κ3) is 9.99. The van der Waals surface area contributed by atoms with Crippen molar-refractivity contribution >= 4 is 18.0 Å². The Morgan fingerprint density at radius 3 is 2.23 bits per heavy atom. The number of hydrogen-bond acceptors (Lipinski definition) is 4. The molecule has 1 aromatic rings. The molecular formula is C27H38O4. The minimum absolute atomic E-state index is 0.0280. The van der Waals surface area contributed by atoms with Crippen LogP contribution in [0.2, 0.25) is 0 Å². The van der Waals surface area contributed by atoms with Gasteiger partial charge in [-0.2, -0.15) is 0 Å². The highest BCUT2D eigenvalue weighted by Crippen LogP contribution is 2.37. The monoisotopic (exact) mass is 426 g/mol. The lowest BCUT2D eigenvalue weighted by molar-refractivity contribution is -0.145. The second-order valence-corrected chi connectivity index (χ2v) is 8.46. The average Bonchev–Trinajstić information content (AvgIpc) is 2.81. The summed E-state index contributed by atoms with van der Waals surface area (Å²) < 4.78 is 9.75. The van der Waals surface area contributed by atoms with Crippen LogP contribution in [-0.2, 0) is 19.1 Å². The van der Waals surface area contributed by atoms with Gasteiger partial charge in [0.15, 0.2) is 0 Å². The van der Waals surface area contributed by atoms with Gasteiger partial charge in [0.05, 0.1) is 0 Å². The Morgan fingerprint density at radius 1 is 0.935 bits per heavy atom. The van der Waals surface area contributed by atoms with Gasteiger partial charge in [0.1, 0.15) is 13.2 Å². The SMILES string of the molecule is C=CC(=O)OCCOC(=O)/C=C/c1ccc(C2CCC(CCCCCCC)CC2)cc1. The second kappa shape index (κ2) is 14.6. The first-order valence-electron chi connectivity index (χ1n) is 11.9. The highest BCUT2D eigenvalue weighted by atomic mass is 16.6. The molecule has 0 bridgehead atoms. The van der Waals surface area contributed by atoms with Crippen LogP contribution in [0.25, 0.3) is 6.08 Å². The molecule has 0 heterocycles. The number of carbonyl (C=O) groups is 2. The molecule has 0 amide bonds. The number of unbranched alkanes of at least 4 members (excludes halogenated alkanes) is 4. The van der Waals surface area contributed by atoms with Crippen molar-refractivity contribution in [3.8, 4) is 0 Å². The van der Waals surface area contributed by atoms with Crippen molar-refractivity contribution in [1.29, 1.82) is 0 Å². The van der Waals surface area contributed by atoms with E-state index in [1.807, 2.05) is 0 Å². The van der Waals surface area contributed by atoms with E-state index in [0.29, 0.717) is 5.92 Å². The molecule has 0 radical (unpaired) electrons. The van der Waals surface area contributed by atoms with Crippen molar-refractivity contribution in [2.45, 2.75) is 77.0 Å². The maximum Gasteiger partial charge on any atom is 0.330 e. The minimum atomic E-state index is -0.525. The van der Waals surface area contributed by atoms with Crippen molar-refractivity contribution in [2.24, 2.45) is 5.92 Å². The molecule has 4 nitrogen and oxygen atoms in total. The fourth-order valence-electron chi connectivity index (χ4n) is 4.26. The van der Waals surface area contributed by atoms with E-state index in [9.17, 15) is 9.59 Å². The Balaban J connectivity index is 1.67. The number of hydrogen-bond donors (Lipinski definition) is 0. The lowest BCUT2D eigenvalue weighted by Crippen LogP contribution is -2.13. The summed E-state index contributed by atoms with van der Waals surface area (Å²) in [5.41, 5.74) is 2.38. The van der Waals surface area contributed by atoms with E-state index in [4.69, 9.17) is 9.47 Å².